The molecule has 0 bridgehead atoms. The first-order valence-corrected chi connectivity index (χ1v) is 11.0. The van der Waals surface area contributed by atoms with E-state index in [2.05, 4.69) is 34.2 Å². The third-order valence-electron chi connectivity index (χ3n) is 5.58. The quantitative estimate of drug-likeness (QED) is 0.318. The molecule has 6 nitrogen and oxygen atoms in total. The fourth-order valence-electron chi connectivity index (χ4n) is 3.67. The minimum atomic E-state index is -0.111. The van der Waals surface area contributed by atoms with E-state index in [1.807, 2.05) is 49.4 Å². The predicted molar refractivity (Wildman–Crippen MR) is 129 cm³/mol. The Morgan fingerprint density at radius 1 is 0.853 bits per heavy atom. The van der Waals surface area contributed by atoms with Crippen LogP contribution < -0.4 is 9.47 Å². The first kappa shape index (κ1) is 21.7. The Balaban J connectivity index is 1.21. The van der Waals surface area contributed by atoms with Gasteiger partial charge in [0.1, 0.15) is 30.4 Å². The molecule has 0 atom stereocenters. The van der Waals surface area contributed by atoms with Gasteiger partial charge in [-0.25, -0.2) is 9.97 Å². The van der Waals surface area contributed by atoms with Crippen LogP contribution in [0.2, 0.25) is 0 Å². The van der Waals surface area contributed by atoms with Crippen LogP contribution in [0.4, 0.5) is 0 Å². The summed E-state index contributed by atoms with van der Waals surface area (Å²) in [4.78, 5) is 8.83. The number of fused-ring (bicyclic) bond motifs is 1. The molecule has 0 aliphatic rings. The van der Waals surface area contributed by atoms with E-state index < -0.39 is 0 Å². The summed E-state index contributed by atoms with van der Waals surface area (Å²) in [6, 6.07) is 25.6. The highest BCUT2D eigenvalue weighted by molar-refractivity contribution is 5.86. The third kappa shape index (κ3) is 4.77. The van der Waals surface area contributed by atoms with E-state index in [4.69, 9.17) is 13.9 Å². The van der Waals surface area contributed by atoms with Crippen LogP contribution in [0.15, 0.2) is 89.5 Å². The van der Waals surface area contributed by atoms with E-state index in [0.717, 1.165) is 33.7 Å². The number of aryl methyl sites for hydroxylation is 1. The number of hydrogen-bond donors (Lipinski definition) is 1. The molecule has 0 aliphatic heterocycles. The highest BCUT2D eigenvalue weighted by Gasteiger charge is 2.13. The lowest BCUT2D eigenvalue weighted by Crippen LogP contribution is -2.01. The van der Waals surface area contributed by atoms with Crippen molar-refractivity contribution in [2.75, 3.05) is 0 Å². The summed E-state index contributed by atoms with van der Waals surface area (Å²) < 4.78 is 17.6. The fraction of sp³-hybridized carbons (Fsp3) is 0.143. The van der Waals surface area contributed by atoms with Crippen LogP contribution in [0.5, 0.6) is 11.6 Å². The van der Waals surface area contributed by atoms with Crippen LogP contribution in [0, 0.1) is 6.92 Å². The second kappa shape index (κ2) is 9.77. The van der Waals surface area contributed by atoms with Gasteiger partial charge in [-0.2, -0.15) is 0 Å². The zero-order valence-electron chi connectivity index (χ0n) is 18.8. The second-order valence-corrected chi connectivity index (χ2v) is 7.93. The molecule has 0 fully saturated rings. The number of pyridine rings is 1. The number of benzene rings is 3. The summed E-state index contributed by atoms with van der Waals surface area (Å²) in [5.74, 6) is 2.50. The average molecular weight is 453 g/mol. The number of hydrogen-bond acceptors (Lipinski definition) is 6. The molecule has 0 saturated carbocycles. The molecular formula is C28H24N2O4. The van der Waals surface area contributed by atoms with Crippen LogP contribution in [0.25, 0.3) is 22.2 Å². The van der Waals surface area contributed by atoms with Gasteiger partial charge in [-0.1, -0.05) is 42.5 Å². The number of oxazole rings is 1. The number of rotatable bonds is 8. The van der Waals surface area contributed by atoms with Crippen LogP contribution in [-0.2, 0) is 19.8 Å². The number of aliphatic hydroxyl groups excluding tert-OH is 1. The summed E-state index contributed by atoms with van der Waals surface area (Å²) in [5.41, 5.74) is 3.34. The maximum atomic E-state index is 9.38. The van der Waals surface area contributed by atoms with E-state index in [1.54, 1.807) is 18.3 Å². The summed E-state index contributed by atoms with van der Waals surface area (Å²) in [6.07, 6.45) is 1.64. The molecule has 5 aromatic rings. The zero-order chi connectivity index (χ0) is 23.3. The summed E-state index contributed by atoms with van der Waals surface area (Å²) >= 11 is 0. The van der Waals surface area contributed by atoms with Crippen molar-refractivity contribution in [1.29, 1.82) is 0 Å². The molecule has 0 spiro atoms. The van der Waals surface area contributed by atoms with Gasteiger partial charge in [0, 0.05) is 17.3 Å². The molecule has 0 unspecified atom stereocenters. The topological polar surface area (TPSA) is 77.6 Å². The first-order valence-electron chi connectivity index (χ1n) is 11.0. The Hall–Kier alpha value is -4.16. The third-order valence-corrected chi connectivity index (χ3v) is 5.58. The predicted octanol–water partition coefficient (Wildman–Crippen LogP) is 5.85. The highest BCUT2D eigenvalue weighted by atomic mass is 16.5. The van der Waals surface area contributed by atoms with Crippen molar-refractivity contribution in [2.24, 2.45) is 0 Å². The summed E-state index contributed by atoms with van der Waals surface area (Å²) in [5, 5.41) is 11.7. The fourth-order valence-corrected chi connectivity index (χ4v) is 3.67. The molecule has 1 N–H and O–H groups in total. The maximum absolute atomic E-state index is 9.38. The molecule has 5 rings (SSSR count). The van der Waals surface area contributed by atoms with Crippen molar-refractivity contribution < 1.29 is 19.0 Å². The minimum Gasteiger partial charge on any atom is -0.487 e. The molecule has 0 amide bonds. The van der Waals surface area contributed by atoms with Crippen LogP contribution in [0.1, 0.15) is 22.6 Å². The standard InChI is InChI=1S/C28H24N2O4/c1-19-26(30-28(34-19)23-11-10-21-5-2-3-6-22(21)15-23)18-32-25-12-8-20(9-13-25)17-33-27-24(16-31)7-4-14-29-27/h2-15,31H,16-18H2,1H3. The van der Waals surface area contributed by atoms with Gasteiger partial charge in [-0.15, -0.1) is 0 Å². The van der Waals surface area contributed by atoms with Gasteiger partial charge in [0.05, 0.1) is 6.61 Å². The van der Waals surface area contributed by atoms with Crippen molar-refractivity contribution in [2.45, 2.75) is 26.7 Å². The lowest BCUT2D eigenvalue weighted by Gasteiger charge is -2.09. The minimum absolute atomic E-state index is 0.111. The number of ether oxygens (including phenoxy) is 2. The van der Waals surface area contributed by atoms with Crippen molar-refractivity contribution in [3.8, 4) is 23.1 Å². The molecule has 0 aliphatic carbocycles. The molecule has 170 valence electrons. The zero-order valence-corrected chi connectivity index (χ0v) is 18.8. The van der Waals surface area contributed by atoms with Gasteiger partial charge in [-0.05, 0) is 59.7 Å². The van der Waals surface area contributed by atoms with Gasteiger partial charge >= 0.3 is 0 Å². The van der Waals surface area contributed by atoms with Crippen molar-refractivity contribution in [3.63, 3.8) is 0 Å². The van der Waals surface area contributed by atoms with Crippen LogP contribution >= 0.6 is 0 Å². The Bertz CT molecular complexity index is 1410. The largest absolute Gasteiger partial charge is 0.487 e. The second-order valence-electron chi connectivity index (χ2n) is 7.93. The Morgan fingerprint density at radius 2 is 1.68 bits per heavy atom. The van der Waals surface area contributed by atoms with E-state index in [0.29, 0.717) is 30.5 Å². The average Bonchev–Trinajstić information content (AvgIpc) is 3.27. The van der Waals surface area contributed by atoms with E-state index in [9.17, 15) is 5.11 Å². The number of aromatic nitrogens is 2. The molecule has 34 heavy (non-hydrogen) atoms. The van der Waals surface area contributed by atoms with E-state index in [1.165, 1.54) is 5.39 Å². The SMILES string of the molecule is Cc1oc(-c2ccc3ccccc3c2)nc1COc1ccc(COc2ncccc2CO)cc1. The highest BCUT2D eigenvalue weighted by Crippen LogP contribution is 2.26. The van der Waals surface area contributed by atoms with Gasteiger partial charge in [0.25, 0.3) is 0 Å². The van der Waals surface area contributed by atoms with Crippen LogP contribution in [-0.4, -0.2) is 15.1 Å². The summed E-state index contributed by atoms with van der Waals surface area (Å²) in [6.45, 7) is 2.45. The van der Waals surface area contributed by atoms with Gasteiger partial charge in [-0.3, -0.25) is 0 Å². The van der Waals surface area contributed by atoms with Crippen molar-refractivity contribution >= 4 is 10.8 Å². The van der Waals surface area contributed by atoms with Crippen molar-refractivity contribution in [3.05, 3.63) is 108 Å². The molecular weight excluding hydrogens is 428 g/mol. The molecule has 0 saturated heterocycles. The molecule has 3 aromatic carbocycles. The molecule has 2 heterocycles. The maximum Gasteiger partial charge on any atom is 0.226 e. The van der Waals surface area contributed by atoms with E-state index >= 15 is 0 Å². The van der Waals surface area contributed by atoms with Gasteiger partial charge in [0.2, 0.25) is 11.8 Å². The lowest BCUT2D eigenvalue weighted by atomic mass is 10.1. The van der Waals surface area contributed by atoms with E-state index in [-0.39, 0.29) is 6.61 Å². The smallest absolute Gasteiger partial charge is 0.226 e. The number of aliphatic hydroxyl groups is 1. The Labute approximate surface area is 197 Å². The lowest BCUT2D eigenvalue weighted by molar-refractivity contribution is 0.252. The van der Waals surface area contributed by atoms with Crippen molar-refractivity contribution in [1.82, 2.24) is 9.97 Å². The van der Waals surface area contributed by atoms with Crippen LogP contribution in [0.3, 0.4) is 0 Å². The van der Waals surface area contributed by atoms with Gasteiger partial charge < -0.3 is 19.0 Å². The Morgan fingerprint density at radius 3 is 2.50 bits per heavy atom. The monoisotopic (exact) mass is 452 g/mol. The van der Waals surface area contributed by atoms with Gasteiger partial charge in [0.15, 0.2) is 0 Å². The summed E-state index contributed by atoms with van der Waals surface area (Å²) in [7, 11) is 0. The number of nitrogens with zero attached hydrogens (tertiary/aromatic N) is 2. The molecule has 6 heteroatoms. The first-order chi connectivity index (χ1) is 16.7. The molecule has 0 radical (unpaired) electrons. The Kier molecular flexibility index (Phi) is 6.23. The molecule has 2 aromatic heterocycles. The normalized spacial score (nSPS) is 11.0.